The summed E-state index contributed by atoms with van der Waals surface area (Å²) in [5.41, 5.74) is 7.32. The number of fused-ring (bicyclic) bond motifs is 3. The number of nitrogens with one attached hydrogen (secondary N) is 1. The van der Waals surface area contributed by atoms with Crippen molar-refractivity contribution in [3.05, 3.63) is 72.1 Å². The molecule has 7 heteroatoms. The number of hydrogen-bond donors (Lipinski definition) is 1. The summed E-state index contributed by atoms with van der Waals surface area (Å²) in [6.45, 7) is 8.94. The monoisotopic (exact) mass is 510 g/mol. The lowest BCUT2D eigenvalue weighted by Crippen LogP contribution is -2.57. The molecule has 0 bridgehead atoms. The van der Waals surface area contributed by atoms with Crippen LogP contribution in [0.4, 0.5) is 10.1 Å². The van der Waals surface area contributed by atoms with Gasteiger partial charge in [-0.25, -0.2) is 9.37 Å². The first-order chi connectivity index (χ1) is 18.4. The highest BCUT2D eigenvalue weighted by Gasteiger charge is 2.84. The van der Waals surface area contributed by atoms with E-state index in [0.29, 0.717) is 12.0 Å². The minimum Gasteiger partial charge on any atom is -0.369 e. The number of aromatic nitrogens is 3. The van der Waals surface area contributed by atoms with Crippen molar-refractivity contribution in [1.82, 2.24) is 24.6 Å². The maximum atomic E-state index is 13.8. The molecule has 2 aliphatic heterocycles. The first-order valence-electron chi connectivity index (χ1n) is 14.2. The van der Waals surface area contributed by atoms with Crippen LogP contribution in [0.1, 0.15) is 67.3 Å². The molecule has 4 fully saturated rings. The van der Waals surface area contributed by atoms with Crippen molar-refractivity contribution in [3.8, 4) is 0 Å². The highest BCUT2D eigenvalue weighted by atomic mass is 19.1. The molecular weight excluding hydrogens is 475 g/mol. The molecule has 3 saturated carbocycles. The molecule has 3 aromatic rings. The van der Waals surface area contributed by atoms with E-state index in [2.05, 4.69) is 67.9 Å². The molecule has 196 valence electrons. The third-order valence-corrected chi connectivity index (χ3v) is 9.98. The van der Waals surface area contributed by atoms with E-state index in [1.54, 1.807) is 0 Å². The van der Waals surface area contributed by atoms with Crippen LogP contribution in [-0.2, 0) is 13.1 Å². The Morgan fingerprint density at radius 3 is 2.66 bits per heavy atom. The largest absolute Gasteiger partial charge is 0.369 e. The Labute approximate surface area is 223 Å². The number of halogens is 1. The first kappa shape index (κ1) is 22.8. The fourth-order valence-electron chi connectivity index (χ4n) is 7.33. The summed E-state index contributed by atoms with van der Waals surface area (Å²) in [6.07, 6.45) is 21.0. The summed E-state index contributed by atoms with van der Waals surface area (Å²) in [7, 11) is 0. The molecule has 5 aliphatic rings. The van der Waals surface area contributed by atoms with E-state index < -0.39 is 5.67 Å². The third-order valence-electron chi connectivity index (χ3n) is 9.98. The molecule has 1 N–H and O–H groups in total. The van der Waals surface area contributed by atoms with Gasteiger partial charge in [0, 0.05) is 78.6 Å². The van der Waals surface area contributed by atoms with E-state index in [1.165, 1.54) is 48.9 Å². The number of anilines is 1. The summed E-state index contributed by atoms with van der Waals surface area (Å²) >= 11 is 0. The van der Waals surface area contributed by atoms with Gasteiger partial charge in [0.2, 0.25) is 0 Å². The standard InChI is InChI=1S/C31H35FN6/c1-22-26-12-33-13-27(38-20-29(21-38)8-3-2-4-9-29)25(26)7-10-36(22)15-24-16-37-14-23(5-6-28(37)35-24)11-34-19-30-17-31(30,32)18-30/h5-7,10,12-14,16,34H,1-4,8-9,11,15,17-21H2. The number of rotatable bonds is 7. The summed E-state index contributed by atoms with van der Waals surface area (Å²) < 4.78 is 15.9. The number of pyridine rings is 2. The van der Waals surface area contributed by atoms with Gasteiger partial charge in [-0.05, 0) is 43.4 Å². The zero-order valence-electron chi connectivity index (χ0n) is 21.9. The molecule has 0 atom stereocenters. The van der Waals surface area contributed by atoms with Crippen molar-refractivity contribution in [2.75, 3.05) is 24.5 Å². The van der Waals surface area contributed by atoms with Gasteiger partial charge in [0.05, 0.1) is 24.1 Å². The highest BCUT2D eigenvalue weighted by Crippen LogP contribution is 2.80. The van der Waals surface area contributed by atoms with Crippen molar-refractivity contribution in [2.24, 2.45) is 10.8 Å². The molecule has 3 aliphatic carbocycles. The second kappa shape index (κ2) is 7.92. The Morgan fingerprint density at radius 1 is 1.05 bits per heavy atom. The molecule has 3 aromatic heterocycles. The quantitative estimate of drug-likeness (QED) is 0.452. The van der Waals surface area contributed by atoms with Gasteiger partial charge in [-0.2, -0.15) is 0 Å². The highest BCUT2D eigenvalue weighted by molar-refractivity contribution is 5.83. The van der Waals surface area contributed by atoms with E-state index >= 15 is 0 Å². The van der Waals surface area contributed by atoms with E-state index in [-0.39, 0.29) is 5.41 Å². The van der Waals surface area contributed by atoms with Crippen molar-refractivity contribution in [3.63, 3.8) is 0 Å². The summed E-state index contributed by atoms with van der Waals surface area (Å²) in [5.74, 6) is 0. The van der Waals surface area contributed by atoms with Crippen molar-refractivity contribution in [1.29, 1.82) is 0 Å². The smallest absolute Gasteiger partial charge is 0.137 e. The Kier molecular flexibility index (Phi) is 4.74. The van der Waals surface area contributed by atoms with Crippen molar-refractivity contribution in [2.45, 2.75) is 63.7 Å². The van der Waals surface area contributed by atoms with Gasteiger partial charge in [0.25, 0.3) is 0 Å². The molecule has 0 unspecified atom stereocenters. The molecule has 38 heavy (non-hydrogen) atoms. The molecule has 0 amide bonds. The Morgan fingerprint density at radius 2 is 1.87 bits per heavy atom. The normalized spacial score (nSPS) is 28.4. The van der Waals surface area contributed by atoms with Crippen LogP contribution < -0.4 is 10.2 Å². The van der Waals surface area contributed by atoms with Crippen LogP contribution >= 0.6 is 0 Å². The predicted molar refractivity (Wildman–Crippen MR) is 148 cm³/mol. The minimum atomic E-state index is -0.832. The maximum absolute atomic E-state index is 13.8. The first-order valence-corrected chi connectivity index (χ1v) is 14.2. The van der Waals surface area contributed by atoms with Gasteiger partial charge in [-0.3, -0.25) is 4.98 Å². The van der Waals surface area contributed by atoms with Gasteiger partial charge in [0.1, 0.15) is 11.3 Å². The minimum absolute atomic E-state index is 0.0364. The lowest BCUT2D eigenvalue weighted by Gasteiger charge is -2.54. The lowest BCUT2D eigenvalue weighted by atomic mass is 9.68. The van der Waals surface area contributed by atoms with Crippen LogP contribution in [0, 0.1) is 10.8 Å². The van der Waals surface area contributed by atoms with Gasteiger partial charge in [-0.15, -0.1) is 0 Å². The molecule has 8 rings (SSSR count). The Bertz CT molecular complexity index is 1470. The van der Waals surface area contributed by atoms with Crippen LogP contribution in [-0.4, -0.2) is 44.6 Å². The fourth-order valence-corrected chi connectivity index (χ4v) is 7.33. The van der Waals surface area contributed by atoms with Crippen LogP contribution in [0.5, 0.6) is 0 Å². The molecular formula is C31H35FN6. The molecule has 1 spiro atoms. The number of alkyl halides is 1. The van der Waals surface area contributed by atoms with Crippen molar-refractivity contribution >= 4 is 23.1 Å². The fraction of sp³-hybridized carbons (Fsp3) is 0.484. The molecule has 6 nitrogen and oxygen atoms in total. The topological polar surface area (TPSA) is 48.7 Å². The van der Waals surface area contributed by atoms with Gasteiger partial charge >= 0.3 is 0 Å². The summed E-state index contributed by atoms with van der Waals surface area (Å²) in [5, 5.41) is 3.45. The number of hydrogen-bond acceptors (Lipinski definition) is 5. The number of imidazole rings is 1. The van der Waals surface area contributed by atoms with Gasteiger partial charge < -0.3 is 19.5 Å². The zero-order valence-corrected chi connectivity index (χ0v) is 21.9. The molecule has 5 heterocycles. The van der Waals surface area contributed by atoms with Crippen LogP contribution in [0.2, 0.25) is 0 Å². The lowest BCUT2D eigenvalue weighted by molar-refractivity contribution is 0.139. The van der Waals surface area contributed by atoms with E-state index in [1.807, 2.05) is 12.4 Å². The third kappa shape index (κ3) is 3.54. The van der Waals surface area contributed by atoms with Crippen LogP contribution in [0.15, 0.2) is 49.7 Å². The molecule has 0 aromatic carbocycles. The average molecular weight is 511 g/mol. The second-order valence-electron chi connectivity index (χ2n) is 12.7. The Balaban J connectivity index is 0.947. The van der Waals surface area contributed by atoms with E-state index in [0.717, 1.165) is 61.6 Å². The second-order valence-corrected chi connectivity index (χ2v) is 12.7. The molecule has 0 radical (unpaired) electrons. The maximum Gasteiger partial charge on any atom is 0.137 e. The predicted octanol–water partition coefficient (Wildman–Crippen LogP) is 5.55. The van der Waals surface area contributed by atoms with Crippen LogP contribution in [0.3, 0.4) is 0 Å². The van der Waals surface area contributed by atoms with Crippen molar-refractivity contribution < 1.29 is 4.39 Å². The molecule has 1 saturated heterocycles. The Hall–Kier alpha value is -3.19. The zero-order chi connectivity index (χ0) is 25.5. The summed E-state index contributed by atoms with van der Waals surface area (Å²) in [4.78, 5) is 14.2. The van der Waals surface area contributed by atoms with E-state index in [4.69, 9.17) is 4.98 Å². The van der Waals surface area contributed by atoms with Gasteiger partial charge in [0.15, 0.2) is 0 Å². The average Bonchev–Trinajstić information content (AvgIpc) is 3.58. The van der Waals surface area contributed by atoms with Gasteiger partial charge in [-0.1, -0.05) is 31.9 Å². The summed E-state index contributed by atoms with van der Waals surface area (Å²) in [6, 6.07) is 4.17. The SMILES string of the molecule is C=C1c2cncc(N3CC4(CCCCC4)C3)c2C=CN1Cc1cn2cc(CNCC34CC3(F)C4)ccc2n1. The van der Waals surface area contributed by atoms with E-state index in [9.17, 15) is 4.39 Å². The van der Waals surface area contributed by atoms with Crippen LogP contribution in [0.25, 0.3) is 17.4 Å². The number of nitrogens with zero attached hydrogens (tertiary/aromatic N) is 5.